The van der Waals surface area contributed by atoms with E-state index in [1.807, 2.05) is 60.8 Å². The Bertz CT molecular complexity index is 1460. The molecule has 4 amide bonds. The lowest BCUT2D eigenvalue weighted by atomic mass is 10.1. The standard InChI is InChI=1S/C28H22FN3O3/c29-22-12-10-19(11-13-22)14-15-32-27(34)24(26(33)30-28(32)35)16-21-18-31(17-20-6-2-1-3-7-20)25-9-5-4-8-23(21)25/h1-13,16,18H,14-15,17H2,(H,30,33,35)/b24-16+. The smallest absolute Gasteiger partial charge is 0.331 e. The van der Waals surface area contributed by atoms with Crippen LogP contribution in [0, 0.1) is 5.82 Å². The van der Waals surface area contributed by atoms with Gasteiger partial charge in [-0.15, -0.1) is 0 Å². The number of hydrogen-bond acceptors (Lipinski definition) is 3. The maximum atomic E-state index is 13.2. The molecule has 3 aromatic carbocycles. The van der Waals surface area contributed by atoms with Crippen molar-refractivity contribution in [2.24, 2.45) is 0 Å². The Morgan fingerprint density at radius 2 is 1.54 bits per heavy atom. The fraction of sp³-hybridized carbons (Fsp3) is 0.107. The zero-order valence-electron chi connectivity index (χ0n) is 18.8. The largest absolute Gasteiger partial charge is 0.342 e. The minimum absolute atomic E-state index is 0.0662. The molecule has 0 saturated carbocycles. The Morgan fingerprint density at radius 1 is 0.829 bits per heavy atom. The van der Waals surface area contributed by atoms with Gasteiger partial charge in [0.05, 0.1) is 0 Å². The first-order chi connectivity index (χ1) is 17.0. The van der Waals surface area contributed by atoms with Crippen molar-refractivity contribution in [3.8, 4) is 0 Å². The van der Waals surface area contributed by atoms with Crippen LogP contribution in [0.4, 0.5) is 9.18 Å². The van der Waals surface area contributed by atoms with Crippen molar-refractivity contribution in [3.63, 3.8) is 0 Å². The molecule has 0 atom stereocenters. The van der Waals surface area contributed by atoms with Gasteiger partial charge < -0.3 is 4.57 Å². The number of amides is 4. The molecule has 0 radical (unpaired) electrons. The van der Waals surface area contributed by atoms with Gasteiger partial charge in [-0.1, -0.05) is 60.7 Å². The van der Waals surface area contributed by atoms with Gasteiger partial charge in [0.1, 0.15) is 11.4 Å². The predicted molar refractivity (Wildman–Crippen MR) is 131 cm³/mol. The van der Waals surface area contributed by atoms with Crippen LogP contribution in [0.25, 0.3) is 17.0 Å². The maximum absolute atomic E-state index is 13.2. The Morgan fingerprint density at radius 3 is 2.31 bits per heavy atom. The molecule has 1 fully saturated rings. The number of carbonyl (C=O) groups is 3. The third kappa shape index (κ3) is 4.61. The van der Waals surface area contributed by atoms with Crippen molar-refractivity contribution in [1.82, 2.24) is 14.8 Å². The highest BCUT2D eigenvalue weighted by Crippen LogP contribution is 2.26. The van der Waals surface area contributed by atoms with Crippen molar-refractivity contribution in [3.05, 3.63) is 113 Å². The number of hydrogen-bond donors (Lipinski definition) is 1. The van der Waals surface area contributed by atoms with E-state index in [4.69, 9.17) is 0 Å². The molecule has 35 heavy (non-hydrogen) atoms. The second kappa shape index (κ2) is 9.38. The summed E-state index contributed by atoms with van der Waals surface area (Å²) in [5, 5.41) is 3.16. The monoisotopic (exact) mass is 467 g/mol. The quantitative estimate of drug-likeness (QED) is 0.335. The van der Waals surface area contributed by atoms with Gasteiger partial charge in [-0.3, -0.25) is 19.8 Å². The predicted octanol–water partition coefficient (Wildman–Crippen LogP) is 4.53. The van der Waals surface area contributed by atoms with Crippen LogP contribution in [0.2, 0.25) is 0 Å². The summed E-state index contributed by atoms with van der Waals surface area (Å²) in [6, 6.07) is 22.9. The number of imide groups is 2. The lowest BCUT2D eigenvalue weighted by Gasteiger charge is -2.26. The molecule has 174 valence electrons. The lowest BCUT2D eigenvalue weighted by Crippen LogP contribution is -2.54. The van der Waals surface area contributed by atoms with Gasteiger partial charge in [0, 0.05) is 35.8 Å². The van der Waals surface area contributed by atoms with E-state index in [0.29, 0.717) is 18.5 Å². The summed E-state index contributed by atoms with van der Waals surface area (Å²) in [4.78, 5) is 39.2. The average Bonchev–Trinajstić information content (AvgIpc) is 3.20. The first kappa shape index (κ1) is 22.3. The molecule has 5 rings (SSSR count). The Hall–Kier alpha value is -4.52. The van der Waals surface area contributed by atoms with Crippen molar-refractivity contribution in [1.29, 1.82) is 0 Å². The molecule has 1 N–H and O–H groups in total. The van der Waals surface area contributed by atoms with Crippen LogP contribution in [0.3, 0.4) is 0 Å². The van der Waals surface area contributed by atoms with Gasteiger partial charge in [0.2, 0.25) is 0 Å². The first-order valence-electron chi connectivity index (χ1n) is 11.2. The number of fused-ring (bicyclic) bond motifs is 1. The summed E-state index contributed by atoms with van der Waals surface area (Å²) in [6.45, 7) is 0.698. The highest BCUT2D eigenvalue weighted by molar-refractivity contribution is 6.31. The van der Waals surface area contributed by atoms with E-state index in [9.17, 15) is 18.8 Å². The van der Waals surface area contributed by atoms with Crippen molar-refractivity contribution in [2.75, 3.05) is 6.54 Å². The molecule has 0 spiro atoms. The number of rotatable bonds is 6. The van der Waals surface area contributed by atoms with Crippen LogP contribution in [0.1, 0.15) is 16.7 Å². The molecule has 1 aromatic heterocycles. The average molecular weight is 468 g/mol. The minimum atomic E-state index is -0.759. The number of carbonyl (C=O) groups excluding carboxylic acids is 3. The Balaban J connectivity index is 1.45. The zero-order chi connectivity index (χ0) is 24.4. The van der Waals surface area contributed by atoms with E-state index >= 15 is 0 Å². The van der Waals surface area contributed by atoms with Gasteiger partial charge in [0.25, 0.3) is 11.8 Å². The number of nitrogens with one attached hydrogen (secondary N) is 1. The van der Waals surface area contributed by atoms with Crippen LogP contribution < -0.4 is 5.32 Å². The van der Waals surface area contributed by atoms with Crippen LogP contribution in [-0.4, -0.2) is 33.9 Å². The van der Waals surface area contributed by atoms with E-state index in [1.54, 1.807) is 18.2 Å². The summed E-state index contributed by atoms with van der Waals surface area (Å²) < 4.78 is 15.2. The second-order valence-electron chi connectivity index (χ2n) is 8.37. The van der Waals surface area contributed by atoms with Crippen molar-refractivity contribution in [2.45, 2.75) is 13.0 Å². The van der Waals surface area contributed by atoms with Crippen LogP contribution >= 0.6 is 0 Å². The first-order valence-corrected chi connectivity index (χ1v) is 11.2. The van der Waals surface area contributed by atoms with E-state index < -0.39 is 17.8 Å². The number of aromatic nitrogens is 1. The lowest BCUT2D eigenvalue weighted by molar-refractivity contribution is -0.130. The van der Waals surface area contributed by atoms with E-state index in [0.717, 1.165) is 26.9 Å². The van der Waals surface area contributed by atoms with Crippen molar-refractivity contribution < 1.29 is 18.8 Å². The molecule has 4 aromatic rings. The van der Waals surface area contributed by atoms with E-state index in [1.165, 1.54) is 12.1 Å². The maximum Gasteiger partial charge on any atom is 0.331 e. The number of nitrogens with zero attached hydrogens (tertiary/aromatic N) is 2. The molecular weight excluding hydrogens is 445 g/mol. The molecule has 1 aliphatic heterocycles. The normalized spacial score (nSPS) is 15.2. The summed E-state index contributed by atoms with van der Waals surface area (Å²) >= 11 is 0. The van der Waals surface area contributed by atoms with Crippen LogP contribution in [0.5, 0.6) is 0 Å². The molecule has 7 heteroatoms. The molecule has 0 aliphatic carbocycles. The Kier molecular flexibility index (Phi) is 5.97. The second-order valence-corrected chi connectivity index (χ2v) is 8.37. The van der Waals surface area contributed by atoms with Crippen LogP contribution in [-0.2, 0) is 22.6 Å². The van der Waals surface area contributed by atoms with Crippen molar-refractivity contribution >= 4 is 34.8 Å². The number of para-hydroxylation sites is 1. The third-order valence-corrected chi connectivity index (χ3v) is 6.04. The van der Waals surface area contributed by atoms with E-state index in [-0.39, 0.29) is 17.9 Å². The van der Waals surface area contributed by atoms with Gasteiger partial charge >= 0.3 is 6.03 Å². The summed E-state index contributed by atoms with van der Waals surface area (Å²) in [5.41, 5.74) is 3.47. The van der Waals surface area contributed by atoms with Crippen LogP contribution in [0.15, 0.2) is 90.6 Å². The summed E-state index contributed by atoms with van der Waals surface area (Å²) in [7, 11) is 0. The minimum Gasteiger partial charge on any atom is -0.342 e. The van der Waals surface area contributed by atoms with Gasteiger partial charge in [-0.25, -0.2) is 9.18 Å². The molecule has 1 saturated heterocycles. The molecule has 6 nitrogen and oxygen atoms in total. The zero-order valence-corrected chi connectivity index (χ0v) is 18.8. The Labute approximate surface area is 201 Å². The molecular formula is C28H22FN3O3. The number of halogens is 1. The van der Waals surface area contributed by atoms with Gasteiger partial charge in [-0.05, 0) is 41.8 Å². The summed E-state index contributed by atoms with van der Waals surface area (Å²) in [6.07, 6.45) is 3.79. The fourth-order valence-electron chi connectivity index (χ4n) is 4.25. The van der Waals surface area contributed by atoms with E-state index in [2.05, 4.69) is 9.88 Å². The van der Waals surface area contributed by atoms with Gasteiger partial charge in [0.15, 0.2) is 0 Å². The highest BCUT2D eigenvalue weighted by Gasteiger charge is 2.35. The SMILES string of the molecule is O=C1NC(=O)N(CCc2ccc(F)cc2)C(=O)/C1=C/c1cn(Cc2ccccc2)c2ccccc12. The summed E-state index contributed by atoms with van der Waals surface area (Å²) in [5.74, 6) is -1.73. The number of urea groups is 1. The number of barbiturate groups is 1. The topological polar surface area (TPSA) is 71.4 Å². The molecule has 0 unspecified atom stereocenters. The fourth-order valence-corrected chi connectivity index (χ4v) is 4.25. The van der Waals surface area contributed by atoms with Gasteiger partial charge in [-0.2, -0.15) is 0 Å². The third-order valence-electron chi connectivity index (χ3n) is 6.04. The molecule has 1 aliphatic rings. The molecule has 2 heterocycles. The number of benzene rings is 3. The molecule has 0 bridgehead atoms. The highest BCUT2D eigenvalue weighted by atomic mass is 19.1.